The van der Waals surface area contributed by atoms with Crippen LogP contribution in [0.3, 0.4) is 0 Å². The fourth-order valence-electron chi connectivity index (χ4n) is 2.35. The van der Waals surface area contributed by atoms with Crippen LogP contribution in [0.5, 0.6) is 0 Å². The molecule has 0 aliphatic heterocycles. The monoisotopic (exact) mass is 295 g/mol. The predicted molar refractivity (Wildman–Crippen MR) is 81.3 cm³/mol. The number of hydrogen-bond donors (Lipinski definition) is 1. The van der Waals surface area contributed by atoms with E-state index in [1.807, 2.05) is 4.57 Å². The minimum Gasteiger partial charge on any atom is -0.326 e. The third kappa shape index (κ3) is 3.59. The fourth-order valence-corrected chi connectivity index (χ4v) is 2.35. The van der Waals surface area contributed by atoms with Gasteiger partial charge in [0, 0.05) is 30.3 Å². The van der Waals surface area contributed by atoms with E-state index in [9.17, 15) is 8.78 Å². The van der Waals surface area contributed by atoms with E-state index in [2.05, 4.69) is 44.9 Å². The highest BCUT2D eigenvalue weighted by Gasteiger charge is 2.21. The summed E-state index contributed by atoms with van der Waals surface area (Å²) in [5, 5.41) is 3.47. The molecule has 1 unspecified atom stereocenters. The van der Waals surface area contributed by atoms with Gasteiger partial charge in [-0.2, -0.15) is 0 Å². The van der Waals surface area contributed by atoms with E-state index in [4.69, 9.17) is 0 Å². The SMILES string of the molecule is CC(C)C(CNC(C)(C)C)n1cnc2cc(F)c(F)cc21. The van der Waals surface area contributed by atoms with Crippen LogP contribution in [0, 0.1) is 17.6 Å². The Kier molecular flexibility index (Phi) is 4.33. The molecule has 2 aromatic rings. The van der Waals surface area contributed by atoms with Gasteiger partial charge in [-0.1, -0.05) is 13.8 Å². The second kappa shape index (κ2) is 5.72. The van der Waals surface area contributed by atoms with Crippen molar-refractivity contribution < 1.29 is 8.78 Å². The van der Waals surface area contributed by atoms with Crippen LogP contribution in [0.25, 0.3) is 11.0 Å². The van der Waals surface area contributed by atoms with Crippen molar-refractivity contribution in [3.05, 3.63) is 30.1 Å². The number of aromatic nitrogens is 2. The third-order valence-electron chi connectivity index (χ3n) is 3.59. The van der Waals surface area contributed by atoms with Crippen LogP contribution in [0.2, 0.25) is 0 Å². The molecule has 1 atom stereocenters. The maximum atomic E-state index is 13.5. The largest absolute Gasteiger partial charge is 0.326 e. The summed E-state index contributed by atoms with van der Waals surface area (Å²) in [6.07, 6.45) is 1.67. The summed E-state index contributed by atoms with van der Waals surface area (Å²) in [6.45, 7) is 11.3. The standard InChI is InChI=1S/C16H23F2N3/c1-10(2)15(8-20-16(3,4)5)21-9-19-13-6-11(17)12(18)7-14(13)21/h6-7,9-10,15,20H,8H2,1-5H3. The van der Waals surface area contributed by atoms with Gasteiger partial charge in [0.1, 0.15) is 0 Å². The van der Waals surface area contributed by atoms with Crippen molar-refractivity contribution in [1.29, 1.82) is 0 Å². The van der Waals surface area contributed by atoms with Crippen molar-refractivity contribution in [2.45, 2.75) is 46.2 Å². The Morgan fingerprint density at radius 2 is 1.81 bits per heavy atom. The first-order valence-corrected chi connectivity index (χ1v) is 7.25. The second-order valence-electron chi connectivity index (χ2n) is 6.85. The highest BCUT2D eigenvalue weighted by molar-refractivity contribution is 5.75. The molecule has 0 aliphatic rings. The average molecular weight is 295 g/mol. The molecular weight excluding hydrogens is 272 g/mol. The van der Waals surface area contributed by atoms with Gasteiger partial charge in [0.05, 0.1) is 17.4 Å². The Bertz CT molecular complexity index is 626. The quantitative estimate of drug-likeness (QED) is 0.927. The molecule has 5 heteroatoms. The van der Waals surface area contributed by atoms with Gasteiger partial charge in [-0.15, -0.1) is 0 Å². The number of benzene rings is 1. The molecule has 0 saturated carbocycles. The Balaban J connectivity index is 2.39. The van der Waals surface area contributed by atoms with E-state index in [-0.39, 0.29) is 11.6 Å². The van der Waals surface area contributed by atoms with E-state index < -0.39 is 11.6 Å². The Morgan fingerprint density at radius 3 is 2.38 bits per heavy atom. The van der Waals surface area contributed by atoms with E-state index in [1.165, 1.54) is 6.07 Å². The molecule has 0 aliphatic carbocycles. The lowest BCUT2D eigenvalue weighted by molar-refractivity contribution is 0.316. The number of halogens is 2. The normalized spacial score (nSPS) is 14.1. The van der Waals surface area contributed by atoms with E-state index in [0.29, 0.717) is 17.0 Å². The number of nitrogens with zero attached hydrogens (tertiary/aromatic N) is 2. The molecule has 21 heavy (non-hydrogen) atoms. The third-order valence-corrected chi connectivity index (χ3v) is 3.59. The number of imidazole rings is 1. The molecule has 116 valence electrons. The van der Waals surface area contributed by atoms with Gasteiger partial charge in [-0.3, -0.25) is 0 Å². The van der Waals surface area contributed by atoms with Crippen LogP contribution in [-0.2, 0) is 0 Å². The average Bonchev–Trinajstić information content (AvgIpc) is 2.71. The molecule has 1 N–H and O–H groups in total. The summed E-state index contributed by atoms with van der Waals surface area (Å²) >= 11 is 0. The Morgan fingerprint density at radius 1 is 1.19 bits per heavy atom. The van der Waals surface area contributed by atoms with Gasteiger partial charge < -0.3 is 9.88 Å². The molecule has 3 nitrogen and oxygen atoms in total. The highest BCUT2D eigenvalue weighted by atomic mass is 19.2. The van der Waals surface area contributed by atoms with Gasteiger partial charge in [-0.05, 0) is 26.7 Å². The van der Waals surface area contributed by atoms with Crippen molar-refractivity contribution in [3.63, 3.8) is 0 Å². The van der Waals surface area contributed by atoms with E-state index >= 15 is 0 Å². The lowest BCUT2D eigenvalue weighted by Gasteiger charge is -2.29. The molecular formula is C16H23F2N3. The molecule has 1 heterocycles. The van der Waals surface area contributed by atoms with Crippen molar-refractivity contribution in [2.24, 2.45) is 5.92 Å². The van der Waals surface area contributed by atoms with Crippen molar-refractivity contribution in [2.75, 3.05) is 6.54 Å². The van der Waals surface area contributed by atoms with Crippen LogP contribution < -0.4 is 5.32 Å². The van der Waals surface area contributed by atoms with Crippen LogP contribution >= 0.6 is 0 Å². The first kappa shape index (κ1) is 15.9. The Hall–Kier alpha value is -1.49. The number of fused-ring (bicyclic) bond motifs is 1. The molecule has 1 aromatic carbocycles. The summed E-state index contributed by atoms with van der Waals surface area (Å²) < 4.78 is 28.7. The summed E-state index contributed by atoms with van der Waals surface area (Å²) in [7, 11) is 0. The Labute approximate surface area is 124 Å². The van der Waals surface area contributed by atoms with Crippen LogP contribution in [0.1, 0.15) is 40.7 Å². The number of nitrogens with one attached hydrogen (secondary N) is 1. The van der Waals surface area contributed by atoms with Crippen molar-refractivity contribution in [3.8, 4) is 0 Å². The summed E-state index contributed by atoms with van der Waals surface area (Å²) in [4.78, 5) is 4.20. The fraction of sp³-hybridized carbons (Fsp3) is 0.562. The van der Waals surface area contributed by atoms with E-state index in [0.717, 1.165) is 12.6 Å². The molecule has 2 rings (SSSR count). The molecule has 0 bridgehead atoms. The molecule has 0 radical (unpaired) electrons. The van der Waals surface area contributed by atoms with E-state index in [1.54, 1.807) is 6.33 Å². The van der Waals surface area contributed by atoms with Gasteiger partial charge in [0.25, 0.3) is 0 Å². The molecule has 0 fully saturated rings. The first-order chi connectivity index (χ1) is 9.69. The zero-order chi connectivity index (χ0) is 15.8. The maximum absolute atomic E-state index is 13.5. The van der Waals surface area contributed by atoms with Gasteiger partial charge in [0.15, 0.2) is 11.6 Å². The molecule has 0 amide bonds. The summed E-state index contributed by atoms with van der Waals surface area (Å²) in [5.41, 5.74) is 1.11. The topological polar surface area (TPSA) is 29.9 Å². The zero-order valence-electron chi connectivity index (χ0n) is 13.2. The minimum atomic E-state index is -0.860. The molecule has 1 aromatic heterocycles. The summed E-state index contributed by atoms with van der Waals surface area (Å²) in [5.74, 6) is -1.36. The predicted octanol–water partition coefficient (Wildman–Crippen LogP) is 3.90. The zero-order valence-corrected chi connectivity index (χ0v) is 13.2. The molecule has 0 spiro atoms. The summed E-state index contributed by atoms with van der Waals surface area (Å²) in [6, 6.07) is 2.50. The minimum absolute atomic E-state index is 0.000876. The van der Waals surface area contributed by atoms with Gasteiger partial charge >= 0.3 is 0 Å². The van der Waals surface area contributed by atoms with Gasteiger partial charge in [0.2, 0.25) is 0 Å². The van der Waals surface area contributed by atoms with Crippen LogP contribution in [0.15, 0.2) is 18.5 Å². The second-order valence-corrected chi connectivity index (χ2v) is 6.85. The highest BCUT2D eigenvalue weighted by Crippen LogP contribution is 2.25. The van der Waals surface area contributed by atoms with Crippen molar-refractivity contribution >= 4 is 11.0 Å². The first-order valence-electron chi connectivity index (χ1n) is 7.25. The number of rotatable bonds is 4. The van der Waals surface area contributed by atoms with Crippen LogP contribution in [-0.4, -0.2) is 21.6 Å². The van der Waals surface area contributed by atoms with Crippen LogP contribution in [0.4, 0.5) is 8.78 Å². The maximum Gasteiger partial charge on any atom is 0.161 e. The lowest BCUT2D eigenvalue weighted by Crippen LogP contribution is -2.40. The van der Waals surface area contributed by atoms with Crippen molar-refractivity contribution in [1.82, 2.24) is 14.9 Å². The smallest absolute Gasteiger partial charge is 0.161 e. The lowest BCUT2D eigenvalue weighted by atomic mass is 10.0. The molecule has 0 saturated heterocycles. The van der Waals surface area contributed by atoms with Gasteiger partial charge in [-0.25, -0.2) is 13.8 Å². The number of hydrogen-bond acceptors (Lipinski definition) is 2.